The van der Waals surface area contributed by atoms with Gasteiger partial charge in [0.1, 0.15) is 5.92 Å². The fourth-order valence-electron chi connectivity index (χ4n) is 5.00. The molecule has 0 bridgehead atoms. The molecule has 1 saturated heterocycles. The van der Waals surface area contributed by atoms with Crippen LogP contribution in [0.25, 0.3) is 10.9 Å². The van der Waals surface area contributed by atoms with Gasteiger partial charge in [0, 0.05) is 33.5 Å². The molecule has 2 aliphatic rings. The van der Waals surface area contributed by atoms with Crippen molar-refractivity contribution in [1.29, 1.82) is 0 Å². The summed E-state index contributed by atoms with van der Waals surface area (Å²) in [5, 5.41) is 1.20. The van der Waals surface area contributed by atoms with E-state index in [0.29, 0.717) is 13.0 Å². The summed E-state index contributed by atoms with van der Waals surface area (Å²) in [6, 6.07) is 16.0. The minimum Gasteiger partial charge on any atom is -0.468 e. The maximum Gasteiger partial charge on any atom is 0.318 e. The van der Waals surface area contributed by atoms with Gasteiger partial charge in [0.15, 0.2) is 0 Å². The van der Waals surface area contributed by atoms with E-state index in [4.69, 9.17) is 4.74 Å². The van der Waals surface area contributed by atoms with Gasteiger partial charge in [-0.3, -0.25) is 9.59 Å². The molecule has 3 atom stereocenters. The summed E-state index contributed by atoms with van der Waals surface area (Å²) < 4.78 is 6.07. The van der Waals surface area contributed by atoms with E-state index in [9.17, 15) is 9.59 Å². The summed E-state index contributed by atoms with van der Waals surface area (Å²) in [6.45, 7) is 0.616. The van der Waals surface area contributed by atoms with Gasteiger partial charge >= 0.3 is 5.97 Å². The lowest BCUT2D eigenvalue weighted by Crippen LogP contribution is -2.51. The number of nitrogens with zero attached hydrogens (tertiary/aromatic N) is 1. The third-order valence-electron chi connectivity index (χ3n) is 6.32. The summed E-state index contributed by atoms with van der Waals surface area (Å²) in [7, 11) is 1.35. The second-order valence-corrected chi connectivity index (χ2v) is 8.67. The van der Waals surface area contributed by atoms with Crippen LogP contribution in [0.15, 0.2) is 53.0 Å². The highest BCUT2D eigenvalue weighted by Gasteiger charge is 2.49. The first-order valence-electron chi connectivity index (χ1n) is 9.81. The van der Waals surface area contributed by atoms with Gasteiger partial charge in [-0.25, -0.2) is 0 Å². The monoisotopic (exact) mass is 452 g/mol. The van der Waals surface area contributed by atoms with Crippen molar-refractivity contribution in [2.75, 3.05) is 13.7 Å². The normalized spacial score (nSPS) is 23.6. The number of H-pyrrole nitrogens is 1. The van der Waals surface area contributed by atoms with Crippen LogP contribution in [0.1, 0.15) is 35.2 Å². The zero-order chi connectivity index (χ0) is 20.1. The topological polar surface area (TPSA) is 62.4 Å². The average molecular weight is 453 g/mol. The number of hydrogen-bond donors (Lipinski definition) is 1. The Morgan fingerprint density at radius 2 is 2.00 bits per heavy atom. The summed E-state index contributed by atoms with van der Waals surface area (Å²) in [4.78, 5) is 31.4. The Hall–Kier alpha value is -2.60. The lowest BCUT2D eigenvalue weighted by atomic mass is 9.74. The molecule has 1 N–H and O–H groups in total. The molecule has 3 heterocycles. The highest BCUT2D eigenvalue weighted by molar-refractivity contribution is 9.10. The molecule has 148 valence electrons. The van der Waals surface area contributed by atoms with Crippen LogP contribution in [-0.2, 0) is 20.7 Å². The van der Waals surface area contributed by atoms with Crippen molar-refractivity contribution in [2.24, 2.45) is 5.92 Å². The number of ether oxygens (including phenoxy) is 1. The molecule has 5 rings (SSSR count). The quantitative estimate of drug-likeness (QED) is 0.464. The molecule has 2 aromatic carbocycles. The Morgan fingerprint density at radius 3 is 2.76 bits per heavy atom. The second-order valence-electron chi connectivity index (χ2n) is 7.76. The van der Waals surface area contributed by atoms with Crippen LogP contribution >= 0.6 is 15.9 Å². The first-order chi connectivity index (χ1) is 14.1. The van der Waals surface area contributed by atoms with Crippen molar-refractivity contribution in [3.05, 3.63) is 69.8 Å². The number of piperidine rings is 1. The van der Waals surface area contributed by atoms with Gasteiger partial charge in [-0.05, 0) is 42.2 Å². The maximum absolute atomic E-state index is 13.4. The predicted molar refractivity (Wildman–Crippen MR) is 113 cm³/mol. The number of fused-ring (bicyclic) bond motifs is 5. The number of hydrogen-bond acceptors (Lipinski definition) is 3. The Bertz CT molecular complexity index is 1110. The van der Waals surface area contributed by atoms with Crippen LogP contribution in [0.3, 0.4) is 0 Å². The van der Waals surface area contributed by atoms with E-state index >= 15 is 0 Å². The molecule has 3 aromatic rings. The number of rotatable bonds is 2. The SMILES string of the molecule is COC(=O)[C@@H]1C(=O)N2CCc3c([nH]c4ccc(Br)cc34)[C@H]2C[C@H]1c1ccccc1. The number of amides is 1. The van der Waals surface area contributed by atoms with Gasteiger partial charge in [-0.2, -0.15) is 0 Å². The minimum atomic E-state index is -0.793. The maximum atomic E-state index is 13.4. The molecule has 0 saturated carbocycles. The molecule has 1 fully saturated rings. The van der Waals surface area contributed by atoms with Crippen molar-refractivity contribution in [3.63, 3.8) is 0 Å². The van der Waals surface area contributed by atoms with Crippen molar-refractivity contribution in [2.45, 2.75) is 24.8 Å². The number of carbonyl (C=O) groups excluding carboxylic acids is 2. The van der Waals surface area contributed by atoms with E-state index in [1.54, 1.807) is 0 Å². The van der Waals surface area contributed by atoms with Crippen molar-refractivity contribution >= 4 is 38.7 Å². The van der Waals surface area contributed by atoms with E-state index in [1.165, 1.54) is 18.1 Å². The molecule has 6 heteroatoms. The molecule has 1 aromatic heterocycles. The highest BCUT2D eigenvalue weighted by Crippen LogP contribution is 2.47. The van der Waals surface area contributed by atoms with Crippen LogP contribution < -0.4 is 0 Å². The zero-order valence-corrected chi connectivity index (χ0v) is 17.6. The van der Waals surface area contributed by atoms with Crippen LogP contribution in [-0.4, -0.2) is 35.4 Å². The van der Waals surface area contributed by atoms with E-state index in [1.807, 2.05) is 41.3 Å². The smallest absolute Gasteiger partial charge is 0.318 e. The van der Waals surface area contributed by atoms with Crippen molar-refractivity contribution in [3.8, 4) is 0 Å². The number of methoxy groups -OCH3 is 1. The molecule has 5 nitrogen and oxygen atoms in total. The Balaban J connectivity index is 1.62. The fraction of sp³-hybridized carbons (Fsp3) is 0.304. The van der Waals surface area contributed by atoms with Gasteiger partial charge in [0.25, 0.3) is 0 Å². The van der Waals surface area contributed by atoms with E-state index in [2.05, 4.69) is 33.0 Å². The van der Waals surface area contributed by atoms with Gasteiger partial charge in [-0.15, -0.1) is 0 Å². The largest absolute Gasteiger partial charge is 0.468 e. The molecular weight excluding hydrogens is 432 g/mol. The van der Waals surface area contributed by atoms with E-state index in [-0.39, 0.29) is 17.9 Å². The van der Waals surface area contributed by atoms with E-state index in [0.717, 1.165) is 27.7 Å². The molecule has 1 amide bonds. The molecule has 0 aliphatic carbocycles. The number of aromatic nitrogens is 1. The summed E-state index contributed by atoms with van der Waals surface area (Å²) >= 11 is 3.57. The molecule has 0 unspecified atom stereocenters. The average Bonchev–Trinajstić information content (AvgIpc) is 3.12. The lowest BCUT2D eigenvalue weighted by molar-refractivity contribution is -0.160. The number of aromatic amines is 1. The van der Waals surface area contributed by atoms with Gasteiger partial charge < -0.3 is 14.6 Å². The summed E-state index contributed by atoms with van der Waals surface area (Å²) in [5.74, 6) is -1.58. The predicted octanol–water partition coefficient (Wildman–Crippen LogP) is 4.33. The summed E-state index contributed by atoms with van der Waals surface area (Å²) in [5.41, 5.74) is 4.46. The standard InChI is InChI=1S/C23H21BrN2O3/c1-29-23(28)20-16(13-5-3-2-4-6-13)12-19-21-15(9-10-26(19)22(20)27)17-11-14(24)7-8-18(17)25-21/h2-8,11,16,19-20,25H,9-10,12H2,1H3/t16-,19+,20-/m0/s1. The Morgan fingerprint density at radius 1 is 1.21 bits per heavy atom. The third-order valence-corrected chi connectivity index (χ3v) is 6.82. The first kappa shape index (κ1) is 18.4. The lowest BCUT2D eigenvalue weighted by Gasteiger charge is -2.45. The number of carbonyl (C=O) groups is 2. The van der Waals surface area contributed by atoms with Crippen LogP contribution in [0.2, 0.25) is 0 Å². The molecule has 29 heavy (non-hydrogen) atoms. The van der Waals surface area contributed by atoms with Gasteiger partial charge in [-0.1, -0.05) is 46.3 Å². The number of benzene rings is 2. The fourth-order valence-corrected chi connectivity index (χ4v) is 5.36. The zero-order valence-electron chi connectivity index (χ0n) is 16.0. The van der Waals surface area contributed by atoms with Crippen molar-refractivity contribution in [1.82, 2.24) is 9.88 Å². The first-order valence-corrected chi connectivity index (χ1v) is 10.6. The third kappa shape index (κ3) is 2.89. The Labute approximate surface area is 177 Å². The van der Waals surface area contributed by atoms with Crippen molar-refractivity contribution < 1.29 is 14.3 Å². The van der Waals surface area contributed by atoms with Gasteiger partial charge in [0.2, 0.25) is 5.91 Å². The molecule has 0 spiro atoms. The van der Waals surface area contributed by atoms with Gasteiger partial charge in [0.05, 0.1) is 13.2 Å². The number of halogens is 1. The molecule has 0 radical (unpaired) electrons. The van der Waals surface area contributed by atoms with Crippen LogP contribution in [0, 0.1) is 5.92 Å². The second kappa shape index (κ2) is 7.02. The summed E-state index contributed by atoms with van der Waals surface area (Å²) in [6.07, 6.45) is 1.47. The Kier molecular flexibility index (Phi) is 4.46. The molecule has 2 aliphatic heterocycles. The van der Waals surface area contributed by atoms with Crippen LogP contribution in [0.5, 0.6) is 0 Å². The van der Waals surface area contributed by atoms with E-state index < -0.39 is 11.9 Å². The number of nitrogens with one attached hydrogen (secondary N) is 1. The number of esters is 1. The minimum absolute atomic E-state index is 0.0662. The highest BCUT2D eigenvalue weighted by atomic mass is 79.9. The van der Waals surface area contributed by atoms with Crippen LogP contribution in [0.4, 0.5) is 0 Å². The molecular formula is C23H21BrN2O3.